The van der Waals surface area contributed by atoms with Crippen molar-refractivity contribution in [3.8, 4) is 0 Å². The molecular weight excluding hydrogens is 150 g/mol. The number of hydrogen-bond donors (Lipinski definition) is 2. The molecule has 5 nitrogen and oxygen atoms in total. The lowest BCUT2D eigenvalue weighted by Gasteiger charge is -1.90. The molecule has 1 unspecified atom stereocenters. The molecule has 0 heterocycles. The number of carboxylic acids is 1. The van der Waals surface area contributed by atoms with Gasteiger partial charge in [0.25, 0.3) is 0 Å². The second kappa shape index (κ2) is 6.88. The van der Waals surface area contributed by atoms with E-state index in [2.05, 4.69) is 0 Å². The highest BCUT2D eigenvalue weighted by Crippen LogP contribution is 1.68. The average molecular weight is 161 g/mol. The molecule has 0 aliphatic carbocycles. The number of aldehydes is 1. The van der Waals surface area contributed by atoms with Gasteiger partial charge in [-0.15, -0.1) is 0 Å². The maximum Gasteiger partial charge on any atom is 0.320 e. The number of nitrogens with two attached hydrogens (primary N) is 1. The van der Waals surface area contributed by atoms with E-state index in [9.17, 15) is 9.59 Å². The summed E-state index contributed by atoms with van der Waals surface area (Å²) in [5.41, 5.74) is 4.84. The molecule has 1 atom stereocenters. The van der Waals surface area contributed by atoms with Gasteiger partial charge in [0.2, 0.25) is 0 Å². The van der Waals surface area contributed by atoms with Gasteiger partial charge < -0.3 is 10.8 Å². The summed E-state index contributed by atoms with van der Waals surface area (Å²) in [7, 11) is 0. The monoisotopic (exact) mass is 161 g/mol. The van der Waals surface area contributed by atoms with Gasteiger partial charge in [-0.05, 0) is 6.92 Å². The van der Waals surface area contributed by atoms with Crippen LogP contribution in [-0.2, 0) is 14.4 Å². The van der Waals surface area contributed by atoms with E-state index >= 15 is 0 Å². The first-order chi connectivity index (χ1) is 4.91. The molecule has 0 aromatic heterocycles. The van der Waals surface area contributed by atoms with Gasteiger partial charge in [0.15, 0.2) is 12.1 Å². The van der Waals surface area contributed by atoms with Crippen LogP contribution in [0.5, 0.6) is 0 Å². The molecule has 11 heavy (non-hydrogen) atoms. The first-order valence-electron chi connectivity index (χ1n) is 2.86. The Bertz CT molecular complexity index is 153. The fourth-order valence-electron chi connectivity index (χ4n) is 0. The van der Waals surface area contributed by atoms with Gasteiger partial charge in [-0.1, -0.05) is 0 Å². The van der Waals surface area contributed by atoms with E-state index in [1.807, 2.05) is 0 Å². The van der Waals surface area contributed by atoms with Crippen molar-refractivity contribution in [2.75, 3.05) is 0 Å². The molecule has 0 aliphatic heterocycles. The molecule has 3 N–H and O–H groups in total. The van der Waals surface area contributed by atoms with Crippen molar-refractivity contribution in [2.24, 2.45) is 5.73 Å². The zero-order valence-corrected chi connectivity index (χ0v) is 6.40. The lowest BCUT2D eigenvalue weighted by Crippen LogP contribution is -2.25. The normalized spacial score (nSPS) is 10.5. The lowest BCUT2D eigenvalue weighted by atomic mass is 10.4. The standard InChI is InChI=1S/C3H7NO2.C3H4O2/c1-2(4)3(5)6;1-3(5)2-4/h2H,4H2,1H3,(H,5,6);2H,1H3. The Kier molecular flexibility index (Phi) is 7.79. The number of aliphatic carboxylic acids is 1. The SMILES string of the molecule is CC(=O)C=O.CC(N)C(=O)O. The van der Waals surface area contributed by atoms with Crippen LogP contribution in [0, 0.1) is 0 Å². The molecule has 5 heteroatoms. The van der Waals surface area contributed by atoms with Crippen LogP contribution in [0.25, 0.3) is 0 Å². The van der Waals surface area contributed by atoms with Crippen molar-refractivity contribution < 1.29 is 19.5 Å². The van der Waals surface area contributed by atoms with Crippen LogP contribution in [0.15, 0.2) is 0 Å². The third-order valence-electron chi connectivity index (χ3n) is 0.555. The van der Waals surface area contributed by atoms with E-state index in [1.54, 1.807) is 0 Å². The maximum absolute atomic E-state index is 9.57. The fourth-order valence-corrected chi connectivity index (χ4v) is 0. The van der Waals surface area contributed by atoms with E-state index in [4.69, 9.17) is 15.6 Å². The van der Waals surface area contributed by atoms with Gasteiger partial charge >= 0.3 is 5.97 Å². The number of Topliss-reactive ketones (excluding diaryl/α,β-unsaturated/α-hetero) is 1. The Hall–Kier alpha value is -1.23. The molecule has 0 fully saturated rings. The van der Waals surface area contributed by atoms with Gasteiger partial charge in [0.1, 0.15) is 6.04 Å². The van der Waals surface area contributed by atoms with Gasteiger partial charge in [-0.25, -0.2) is 0 Å². The number of carbonyl (C=O) groups is 3. The molecule has 0 amide bonds. The predicted octanol–water partition coefficient (Wildman–Crippen LogP) is -0.807. The van der Waals surface area contributed by atoms with Crippen LogP contribution in [0.3, 0.4) is 0 Å². The predicted molar refractivity (Wildman–Crippen MR) is 38.0 cm³/mol. The quantitative estimate of drug-likeness (QED) is 0.408. The molecule has 0 spiro atoms. The Balaban J connectivity index is 0. The Morgan fingerprint density at radius 1 is 1.55 bits per heavy atom. The van der Waals surface area contributed by atoms with E-state index in [-0.39, 0.29) is 6.29 Å². The summed E-state index contributed by atoms with van der Waals surface area (Å²) in [4.78, 5) is 28.2. The van der Waals surface area contributed by atoms with Crippen LogP contribution < -0.4 is 5.73 Å². The molecule has 0 aliphatic rings. The number of ketones is 1. The molecule has 0 aromatic carbocycles. The maximum atomic E-state index is 9.57. The second-order valence-electron chi connectivity index (χ2n) is 1.86. The number of hydrogen-bond acceptors (Lipinski definition) is 4. The van der Waals surface area contributed by atoms with Gasteiger partial charge in [0.05, 0.1) is 0 Å². The smallest absolute Gasteiger partial charge is 0.320 e. The summed E-state index contributed by atoms with van der Waals surface area (Å²) in [6.45, 7) is 2.63. The van der Waals surface area contributed by atoms with Crippen LogP contribution in [-0.4, -0.2) is 29.2 Å². The van der Waals surface area contributed by atoms with Crippen LogP contribution in [0.1, 0.15) is 13.8 Å². The Labute approximate surface area is 64.2 Å². The average Bonchev–Trinajstić information content (AvgIpc) is 1.89. The molecule has 0 saturated carbocycles. The highest BCUT2D eigenvalue weighted by molar-refractivity contribution is 6.23. The van der Waals surface area contributed by atoms with Gasteiger partial charge in [-0.3, -0.25) is 14.4 Å². The largest absolute Gasteiger partial charge is 0.480 e. The van der Waals surface area contributed by atoms with Crippen molar-refractivity contribution in [3.63, 3.8) is 0 Å². The summed E-state index contributed by atoms with van der Waals surface area (Å²) in [5.74, 6) is -1.39. The highest BCUT2D eigenvalue weighted by atomic mass is 16.4. The van der Waals surface area contributed by atoms with Crippen molar-refractivity contribution in [2.45, 2.75) is 19.9 Å². The molecular formula is C6H11NO4. The lowest BCUT2D eigenvalue weighted by molar-refractivity contribution is -0.138. The van der Waals surface area contributed by atoms with E-state index in [0.29, 0.717) is 0 Å². The number of carboxylic acid groups (broad SMARTS) is 1. The van der Waals surface area contributed by atoms with E-state index in [1.165, 1.54) is 13.8 Å². The minimum Gasteiger partial charge on any atom is -0.480 e. The Morgan fingerprint density at radius 2 is 1.73 bits per heavy atom. The van der Waals surface area contributed by atoms with Crippen LogP contribution >= 0.6 is 0 Å². The zero-order valence-electron chi connectivity index (χ0n) is 6.40. The first kappa shape index (κ1) is 12.4. The highest BCUT2D eigenvalue weighted by Gasteiger charge is 1.99. The van der Waals surface area contributed by atoms with E-state index < -0.39 is 17.8 Å². The van der Waals surface area contributed by atoms with Crippen molar-refractivity contribution in [3.05, 3.63) is 0 Å². The molecule has 0 rings (SSSR count). The minimum absolute atomic E-state index is 0.278. The van der Waals surface area contributed by atoms with Crippen molar-refractivity contribution in [1.29, 1.82) is 0 Å². The van der Waals surface area contributed by atoms with Crippen molar-refractivity contribution >= 4 is 18.0 Å². The summed E-state index contributed by atoms with van der Waals surface area (Å²) in [5, 5.41) is 7.87. The van der Waals surface area contributed by atoms with Crippen molar-refractivity contribution in [1.82, 2.24) is 0 Å². The van der Waals surface area contributed by atoms with Crippen LogP contribution in [0.4, 0.5) is 0 Å². The summed E-state index contributed by atoms with van der Waals surface area (Å²) < 4.78 is 0. The number of carbonyl (C=O) groups excluding carboxylic acids is 2. The molecule has 0 aromatic rings. The third-order valence-corrected chi connectivity index (χ3v) is 0.555. The zero-order chi connectivity index (χ0) is 9.44. The summed E-state index contributed by atoms with van der Waals surface area (Å²) in [6, 6.07) is -0.731. The fraction of sp³-hybridized carbons (Fsp3) is 0.500. The van der Waals surface area contributed by atoms with Crippen LogP contribution in [0.2, 0.25) is 0 Å². The topological polar surface area (TPSA) is 97.5 Å². The van der Waals surface area contributed by atoms with Gasteiger partial charge in [-0.2, -0.15) is 0 Å². The minimum atomic E-state index is -0.963. The second-order valence-corrected chi connectivity index (χ2v) is 1.86. The van der Waals surface area contributed by atoms with Gasteiger partial charge in [0, 0.05) is 6.92 Å². The molecule has 0 radical (unpaired) electrons. The summed E-state index contributed by atoms with van der Waals surface area (Å²) in [6.07, 6.45) is 0.278. The molecule has 64 valence electrons. The molecule has 0 saturated heterocycles. The Morgan fingerprint density at radius 3 is 1.73 bits per heavy atom. The third kappa shape index (κ3) is 17.7. The number of rotatable bonds is 2. The first-order valence-corrected chi connectivity index (χ1v) is 2.86. The molecule has 0 bridgehead atoms. The van der Waals surface area contributed by atoms with E-state index in [0.717, 1.165) is 0 Å². The summed E-state index contributed by atoms with van der Waals surface area (Å²) >= 11 is 0.